The molecule has 124 valence electrons. The Morgan fingerprint density at radius 2 is 1.90 bits per heavy atom. The molecule has 10 heteroatoms. The van der Waals surface area contributed by atoms with E-state index < -0.39 is 42.4 Å². The summed E-state index contributed by atoms with van der Waals surface area (Å²) in [5.74, 6) is -5.41. The summed E-state index contributed by atoms with van der Waals surface area (Å²) in [6, 6.07) is 0. The molecule has 0 amide bonds. The molecule has 5 nitrogen and oxygen atoms in total. The van der Waals surface area contributed by atoms with E-state index in [1.165, 1.54) is 6.92 Å². The third-order valence-electron chi connectivity index (χ3n) is 3.37. The topological polar surface area (TPSA) is 65.0 Å². The van der Waals surface area contributed by atoms with Gasteiger partial charge in [0.2, 0.25) is 0 Å². The van der Waals surface area contributed by atoms with Crippen molar-refractivity contribution < 1.29 is 46.1 Å². The highest BCUT2D eigenvalue weighted by molar-refractivity contribution is 5.72. The highest BCUT2D eigenvalue weighted by Gasteiger charge is 2.83. The maximum Gasteiger partial charge on any atom is 0.432 e. The maximum absolute atomic E-state index is 13.5. The van der Waals surface area contributed by atoms with Gasteiger partial charge in [-0.25, -0.2) is 0 Å². The van der Waals surface area contributed by atoms with Crippen molar-refractivity contribution in [2.45, 2.75) is 50.9 Å². The van der Waals surface area contributed by atoms with Gasteiger partial charge in [0.05, 0.1) is 5.92 Å². The van der Waals surface area contributed by atoms with Crippen LogP contribution in [0.5, 0.6) is 0 Å². The van der Waals surface area contributed by atoms with Gasteiger partial charge in [-0.2, -0.15) is 22.0 Å². The molecule has 1 N–H and O–H groups in total. The Balaban J connectivity index is 3.26. The van der Waals surface area contributed by atoms with Gasteiger partial charge in [-0.15, -0.1) is 0 Å². The first-order valence-electron chi connectivity index (χ1n) is 6.00. The number of hydrogen-bond donors (Lipinski definition) is 1. The Morgan fingerprint density at radius 3 is 2.33 bits per heavy atom. The molecule has 1 aliphatic heterocycles. The van der Waals surface area contributed by atoms with Crippen molar-refractivity contribution in [3.8, 4) is 0 Å². The molecule has 1 heterocycles. The van der Waals surface area contributed by atoms with Crippen LogP contribution in [0.15, 0.2) is 0 Å². The van der Waals surface area contributed by atoms with Crippen LogP contribution in [0, 0.1) is 5.92 Å². The summed E-state index contributed by atoms with van der Waals surface area (Å²) in [5.41, 5.74) is -4.84. The molecule has 0 spiro atoms. The molecular formula is C11H15F5O5. The molecule has 3 atom stereocenters. The third-order valence-corrected chi connectivity index (χ3v) is 3.37. The number of rotatable bonds is 3. The largest absolute Gasteiger partial charge is 0.432 e. The number of carbonyl (C=O) groups excluding carboxylic acids is 1. The zero-order valence-corrected chi connectivity index (χ0v) is 11.5. The molecule has 1 aliphatic rings. The van der Waals surface area contributed by atoms with Crippen molar-refractivity contribution in [3.63, 3.8) is 0 Å². The number of carbonyl (C=O) groups is 1. The average molecular weight is 322 g/mol. The van der Waals surface area contributed by atoms with E-state index in [1.807, 2.05) is 0 Å². The smallest absolute Gasteiger partial charge is 0.429 e. The zero-order chi connectivity index (χ0) is 16.7. The molecule has 0 aromatic carbocycles. The quantitative estimate of drug-likeness (QED) is 0.637. The maximum atomic E-state index is 13.5. The van der Waals surface area contributed by atoms with E-state index in [-0.39, 0.29) is 6.42 Å². The summed E-state index contributed by atoms with van der Waals surface area (Å²) in [4.78, 5) is 11.6. The number of halogens is 5. The molecule has 0 radical (unpaired) electrons. The molecule has 0 aliphatic carbocycles. The lowest BCUT2D eigenvalue weighted by Crippen LogP contribution is -2.76. The first-order chi connectivity index (χ1) is 9.32. The highest BCUT2D eigenvalue weighted by Crippen LogP contribution is 2.53. The molecular weight excluding hydrogens is 307 g/mol. The van der Waals surface area contributed by atoms with Gasteiger partial charge < -0.3 is 14.6 Å². The Bertz CT molecular complexity index is 412. The molecule has 0 aromatic rings. The van der Waals surface area contributed by atoms with Gasteiger partial charge in [0.1, 0.15) is 0 Å². The van der Waals surface area contributed by atoms with E-state index >= 15 is 0 Å². The predicted octanol–water partition coefficient (Wildman–Crippen LogP) is 2.18. The van der Waals surface area contributed by atoms with Crippen molar-refractivity contribution >= 4 is 5.97 Å². The minimum absolute atomic E-state index is 0.201. The van der Waals surface area contributed by atoms with Gasteiger partial charge in [-0.05, 0) is 6.42 Å². The fourth-order valence-electron chi connectivity index (χ4n) is 1.67. The SMILES string of the molecule is CCC(C)C(=O)OC1(C)OCOC(F)(F)C1(O)C(F)(F)F. The van der Waals surface area contributed by atoms with E-state index in [4.69, 9.17) is 0 Å². The lowest BCUT2D eigenvalue weighted by Gasteiger charge is -2.49. The monoisotopic (exact) mass is 322 g/mol. The summed E-state index contributed by atoms with van der Waals surface area (Å²) >= 11 is 0. The molecule has 1 fully saturated rings. The van der Waals surface area contributed by atoms with Crippen LogP contribution in [-0.2, 0) is 19.0 Å². The lowest BCUT2D eigenvalue weighted by molar-refractivity contribution is -0.522. The van der Waals surface area contributed by atoms with Gasteiger partial charge in [-0.3, -0.25) is 9.53 Å². The Labute approximate surface area is 117 Å². The van der Waals surface area contributed by atoms with E-state index in [2.05, 4.69) is 14.2 Å². The van der Waals surface area contributed by atoms with Gasteiger partial charge >= 0.3 is 23.9 Å². The third kappa shape index (κ3) is 2.71. The normalized spacial score (nSPS) is 34.3. The molecule has 1 saturated heterocycles. The van der Waals surface area contributed by atoms with Crippen molar-refractivity contribution in [1.82, 2.24) is 0 Å². The van der Waals surface area contributed by atoms with Gasteiger partial charge in [0.15, 0.2) is 6.79 Å². The first-order valence-corrected chi connectivity index (χ1v) is 6.00. The molecule has 3 unspecified atom stereocenters. The second kappa shape index (κ2) is 5.33. The average Bonchev–Trinajstić information content (AvgIpc) is 2.33. The van der Waals surface area contributed by atoms with Crippen LogP contribution in [0.4, 0.5) is 22.0 Å². The van der Waals surface area contributed by atoms with Crippen LogP contribution in [0.2, 0.25) is 0 Å². The van der Waals surface area contributed by atoms with Gasteiger partial charge in [0.25, 0.3) is 5.79 Å². The van der Waals surface area contributed by atoms with Crippen molar-refractivity contribution in [3.05, 3.63) is 0 Å². The van der Waals surface area contributed by atoms with Gasteiger partial charge in [0, 0.05) is 6.92 Å². The molecule has 0 saturated carbocycles. The van der Waals surface area contributed by atoms with Crippen LogP contribution in [-0.4, -0.2) is 41.5 Å². The van der Waals surface area contributed by atoms with E-state index in [9.17, 15) is 31.9 Å². The van der Waals surface area contributed by atoms with Gasteiger partial charge in [-0.1, -0.05) is 13.8 Å². The number of ether oxygens (including phenoxy) is 3. The summed E-state index contributed by atoms with van der Waals surface area (Å²) in [7, 11) is 0. The van der Waals surface area contributed by atoms with Crippen LogP contribution < -0.4 is 0 Å². The number of esters is 1. The van der Waals surface area contributed by atoms with Crippen LogP contribution in [0.3, 0.4) is 0 Å². The first kappa shape index (κ1) is 18.1. The number of hydrogen-bond acceptors (Lipinski definition) is 5. The minimum Gasteiger partial charge on any atom is -0.429 e. The van der Waals surface area contributed by atoms with Crippen LogP contribution >= 0.6 is 0 Å². The fourth-order valence-corrected chi connectivity index (χ4v) is 1.67. The predicted molar refractivity (Wildman–Crippen MR) is 56.9 cm³/mol. The van der Waals surface area contributed by atoms with Crippen molar-refractivity contribution in [2.75, 3.05) is 6.79 Å². The Kier molecular flexibility index (Phi) is 4.58. The molecule has 0 aromatic heterocycles. The Morgan fingerprint density at radius 1 is 1.38 bits per heavy atom. The molecule has 0 bridgehead atoms. The fraction of sp³-hybridized carbons (Fsp3) is 0.909. The second-order valence-electron chi connectivity index (χ2n) is 4.81. The zero-order valence-electron chi connectivity index (χ0n) is 11.5. The van der Waals surface area contributed by atoms with Crippen molar-refractivity contribution in [2.24, 2.45) is 5.92 Å². The summed E-state index contributed by atoms with van der Waals surface area (Å²) in [6.45, 7) is 2.01. The van der Waals surface area contributed by atoms with E-state index in [0.717, 1.165) is 0 Å². The van der Waals surface area contributed by atoms with Crippen LogP contribution in [0.25, 0.3) is 0 Å². The number of alkyl halides is 5. The molecule has 21 heavy (non-hydrogen) atoms. The number of aliphatic hydroxyl groups is 1. The summed E-state index contributed by atoms with van der Waals surface area (Å²) in [5, 5.41) is 9.56. The summed E-state index contributed by atoms with van der Waals surface area (Å²) < 4.78 is 78.3. The Hall–Kier alpha value is -1.00. The van der Waals surface area contributed by atoms with E-state index in [1.54, 1.807) is 6.92 Å². The lowest BCUT2D eigenvalue weighted by atomic mass is 9.90. The second-order valence-corrected chi connectivity index (χ2v) is 4.81. The summed E-state index contributed by atoms with van der Waals surface area (Å²) in [6.07, 6.45) is -10.7. The minimum atomic E-state index is -5.87. The molecule has 1 rings (SSSR count). The van der Waals surface area contributed by atoms with Crippen LogP contribution in [0.1, 0.15) is 27.2 Å². The van der Waals surface area contributed by atoms with E-state index in [0.29, 0.717) is 6.92 Å². The highest BCUT2D eigenvalue weighted by atomic mass is 19.4. The standard InChI is InChI=1S/C11H15F5O5/c1-4-6(2)7(17)21-8(3)9(18,10(12,13)14)11(15,16)20-5-19-8/h6,18H,4-5H2,1-3H3. The van der Waals surface area contributed by atoms with Crippen molar-refractivity contribution in [1.29, 1.82) is 0 Å².